The van der Waals surface area contributed by atoms with Crippen LogP contribution in [-0.2, 0) is 19.1 Å². The standard InChI is InChI=1S/C25H27NO6/c1-2-15-31-24(29)22(13-7-8-14-23(27)28)26-25(30)32-16-21-19-11-5-3-9-17(19)18-10-4-6-12-20(18)21/h2-6,9-12,21-22H,1,7-8,13-16H2,(H,26,30)(H,27,28)/t22-/m0/s1. The van der Waals surface area contributed by atoms with Crippen molar-refractivity contribution in [2.45, 2.75) is 37.6 Å². The molecule has 0 bridgehead atoms. The lowest BCUT2D eigenvalue weighted by Crippen LogP contribution is -2.42. The molecule has 0 aliphatic heterocycles. The van der Waals surface area contributed by atoms with E-state index in [2.05, 4.69) is 24.0 Å². The zero-order chi connectivity index (χ0) is 22.9. The molecule has 3 rings (SSSR count). The highest BCUT2D eigenvalue weighted by molar-refractivity contribution is 5.82. The van der Waals surface area contributed by atoms with Gasteiger partial charge in [0.1, 0.15) is 19.3 Å². The van der Waals surface area contributed by atoms with Crippen LogP contribution in [0.4, 0.5) is 4.79 Å². The molecule has 1 aliphatic rings. The molecule has 1 atom stereocenters. The average molecular weight is 437 g/mol. The highest BCUT2D eigenvalue weighted by Crippen LogP contribution is 2.44. The summed E-state index contributed by atoms with van der Waals surface area (Å²) < 4.78 is 10.6. The number of amides is 1. The molecule has 1 amide bonds. The third-order valence-electron chi connectivity index (χ3n) is 5.40. The van der Waals surface area contributed by atoms with E-state index in [1.165, 1.54) is 6.08 Å². The maximum absolute atomic E-state index is 12.5. The first-order valence-electron chi connectivity index (χ1n) is 10.6. The number of fused-ring (bicyclic) bond motifs is 3. The van der Waals surface area contributed by atoms with Crippen LogP contribution in [0.5, 0.6) is 0 Å². The van der Waals surface area contributed by atoms with E-state index in [0.717, 1.165) is 22.3 Å². The minimum absolute atomic E-state index is 0.000625. The summed E-state index contributed by atoms with van der Waals surface area (Å²) in [5.41, 5.74) is 4.44. The minimum atomic E-state index is -0.917. The number of aliphatic carboxylic acids is 1. The first-order chi connectivity index (χ1) is 15.5. The van der Waals surface area contributed by atoms with Crippen LogP contribution < -0.4 is 5.32 Å². The third kappa shape index (κ3) is 5.75. The Morgan fingerprint density at radius 2 is 1.62 bits per heavy atom. The van der Waals surface area contributed by atoms with Gasteiger partial charge >= 0.3 is 18.0 Å². The van der Waals surface area contributed by atoms with Gasteiger partial charge in [0.05, 0.1) is 0 Å². The number of unbranched alkanes of at least 4 members (excludes halogenated alkanes) is 1. The number of carbonyl (C=O) groups is 3. The number of hydrogen-bond acceptors (Lipinski definition) is 5. The number of carboxylic acids is 1. The Morgan fingerprint density at radius 1 is 1.00 bits per heavy atom. The van der Waals surface area contributed by atoms with E-state index in [4.69, 9.17) is 14.6 Å². The lowest BCUT2D eigenvalue weighted by Gasteiger charge is -2.19. The van der Waals surface area contributed by atoms with E-state index in [1.54, 1.807) is 0 Å². The van der Waals surface area contributed by atoms with Gasteiger partial charge in [0, 0.05) is 12.3 Å². The molecular formula is C25H27NO6. The second kappa shape index (κ2) is 11.1. The number of carbonyl (C=O) groups excluding carboxylic acids is 2. The molecule has 32 heavy (non-hydrogen) atoms. The van der Waals surface area contributed by atoms with E-state index >= 15 is 0 Å². The summed E-state index contributed by atoms with van der Waals surface area (Å²) in [7, 11) is 0. The predicted octanol–water partition coefficient (Wildman–Crippen LogP) is 4.27. The molecule has 0 heterocycles. The van der Waals surface area contributed by atoms with E-state index in [9.17, 15) is 14.4 Å². The molecule has 2 aromatic carbocycles. The lowest BCUT2D eigenvalue weighted by atomic mass is 9.98. The summed E-state index contributed by atoms with van der Waals surface area (Å²) in [5.74, 6) is -1.59. The van der Waals surface area contributed by atoms with E-state index < -0.39 is 24.1 Å². The fourth-order valence-corrected chi connectivity index (χ4v) is 3.90. The van der Waals surface area contributed by atoms with E-state index in [1.807, 2.05) is 36.4 Å². The average Bonchev–Trinajstić information content (AvgIpc) is 3.11. The molecule has 2 N–H and O–H groups in total. The molecule has 0 unspecified atom stereocenters. The van der Waals surface area contributed by atoms with Crippen molar-refractivity contribution in [3.63, 3.8) is 0 Å². The first-order valence-corrected chi connectivity index (χ1v) is 10.6. The zero-order valence-electron chi connectivity index (χ0n) is 17.8. The molecule has 7 nitrogen and oxygen atoms in total. The van der Waals surface area contributed by atoms with Crippen molar-refractivity contribution in [3.05, 3.63) is 72.3 Å². The predicted molar refractivity (Wildman–Crippen MR) is 119 cm³/mol. The SMILES string of the molecule is C=CCOC(=O)[C@H](CCCCC(=O)O)NC(=O)OCC1c2ccccc2-c2ccccc21. The van der Waals surface area contributed by atoms with Gasteiger partial charge in [0.25, 0.3) is 0 Å². The van der Waals surface area contributed by atoms with E-state index in [0.29, 0.717) is 12.8 Å². The molecule has 0 saturated carbocycles. The van der Waals surface area contributed by atoms with Gasteiger partial charge < -0.3 is 19.9 Å². The summed E-state index contributed by atoms with van der Waals surface area (Å²) in [6.45, 7) is 3.66. The highest BCUT2D eigenvalue weighted by Gasteiger charge is 2.30. The summed E-state index contributed by atoms with van der Waals surface area (Å²) in [4.78, 5) is 35.5. The van der Waals surface area contributed by atoms with Crippen LogP contribution in [0, 0.1) is 0 Å². The van der Waals surface area contributed by atoms with E-state index in [-0.39, 0.29) is 32.0 Å². The number of hydrogen-bond donors (Lipinski definition) is 2. The summed E-state index contributed by atoms with van der Waals surface area (Å²) >= 11 is 0. The summed E-state index contributed by atoms with van der Waals surface area (Å²) in [5, 5.41) is 11.3. The Balaban J connectivity index is 1.61. The van der Waals surface area contributed by atoms with Gasteiger partial charge in [-0.3, -0.25) is 4.79 Å². The Labute approximate surface area is 187 Å². The van der Waals surface area contributed by atoms with Gasteiger partial charge in [-0.1, -0.05) is 67.6 Å². The quantitative estimate of drug-likeness (QED) is 0.309. The van der Waals surface area contributed by atoms with Crippen LogP contribution in [0.3, 0.4) is 0 Å². The number of esters is 1. The minimum Gasteiger partial charge on any atom is -0.481 e. The topological polar surface area (TPSA) is 102 Å². The van der Waals surface area contributed by atoms with Crippen molar-refractivity contribution in [2.24, 2.45) is 0 Å². The van der Waals surface area contributed by atoms with Crippen LogP contribution >= 0.6 is 0 Å². The molecular weight excluding hydrogens is 410 g/mol. The van der Waals surface area contributed by atoms with Crippen molar-refractivity contribution >= 4 is 18.0 Å². The van der Waals surface area contributed by atoms with Crippen LogP contribution in [0.25, 0.3) is 11.1 Å². The first kappa shape index (κ1) is 23.1. The molecule has 0 spiro atoms. The molecule has 1 aliphatic carbocycles. The fraction of sp³-hybridized carbons (Fsp3) is 0.320. The second-order valence-corrected chi connectivity index (χ2v) is 7.58. The molecule has 2 aromatic rings. The van der Waals surface area contributed by atoms with Crippen LogP contribution in [0.15, 0.2) is 61.2 Å². The number of carboxylic acid groups (broad SMARTS) is 1. The monoisotopic (exact) mass is 437 g/mol. The molecule has 168 valence electrons. The van der Waals surface area contributed by atoms with Crippen LogP contribution in [0.1, 0.15) is 42.7 Å². The largest absolute Gasteiger partial charge is 0.481 e. The Hall–Kier alpha value is -3.61. The molecule has 7 heteroatoms. The number of benzene rings is 2. The number of alkyl carbamates (subject to hydrolysis) is 1. The normalized spacial score (nSPS) is 12.9. The van der Waals surface area contributed by atoms with Gasteiger partial charge in [0.2, 0.25) is 0 Å². The number of nitrogens with one attached hydrogen (secondary N) is 1. The Morgan fingerprint density at radius 3 is 2.22 bits per heavy atom. The number of ether oxygens (including phenoxy) is 2. The zero-order valence-corrected chi connectivity index (χ0v) is 17.8. The van der Waals surface area contributed by atoms with Crippen molar-refractivity contribution in [1.29, 1.82) is 0 Å². The lowest BCUT2D eigenvalue weighted by molar-refractivity contribution is -0.145. The van der Waals surface area contributed by atoms with Gasteiger partial charge in [-0.2, -0.15) is 0 Å². The van der Waals surface area contributed by atoms with Gasteiger partial charge in [0.15, 0.2) is 0 Å². The Bertz CT molecular complexity index is 940. The smallest absolute Gasteiger partial charge is 0.407 e. The van der Waals surface area contributed by atoms with Crippen LogP contribution in [0.2, 0.25) is 0 Å². The van der Waals surface area contributed by atoms with Crippen molar-refractivity contribution in [1.82, 2.24) is 5.32 Å². The summed E-state index contributed by atoms with van der Waals surface area (Å²) in [6, 6.07) is 15.1. The van der Waals surface area contributed by atoms with Crippen molar-refractivity contribution in [2.75, 3.05) is 13.2 Å². The maximum Gasteiger partial charge on any atom is 0.407 e. The van der Waals surface area contributed by atoms with Gasteiger partial charge in [-0.15, -0.1) is 0 Å². The van der Waals surface area contributed by atoms with Gasteiger partial charge in [-0.25, -0.2) is 9.59 Å². The third-order valence-corrected chi connectivity index (χ3v) is 5.40. The highest BCUT2D eigenvalue weighted by atomic mass is 16.6. The molecule has 0 radical (unpaired) electrons. The molecule has 0 saturated heterocycles. The molecule has 0 fully saturated rings. The van der Waals surface area contributed by atoms with Crippen molar-refractivity contribution < 1.29 is 29.0 Å². The molecule has 0 aromatic heterocycles. The Kier molecular flexibility index (Phi) is 8.02. The van der Waals surface area contributed by atoms with Gasteiger partial charge in [-0.05, 0) is 35.1 Å². The number of rotatable bonds is 11. The second-order valence-electron chi connectivity index (χ2n) is 7.58. The van der Waals surface area contributed by atoms with Crippen molar-refractivity contribution in [3.8, 4) is 11.1 Å². The fourth-order valence-electron chi connectivity index (χ4n) is 3.90. The maximum atomic E-state index is 12.5. The summed E-state index contributed by atoms with van der Waals surface area (Å²) in [6.07, 6.45) is 1.82. The van der Waals surface area contributed by atoms with Crippen LogP contribution in [-0.4, -0.2) is 42.4 Å².